The molecule has 1 amide bonds. The van der Waals surface area contributed by atoms with E-state index in [0.717, 1.165) is 32.4 Å². The molecule has 2 fully saturated rings. The second kappa shape index (κ2) is 7.10. The van der Waals surface area contributed by atoms with Gasteiger partial charge in [0.1, 0.15) is 0 Å². The minimum atomic E-state index is -0.678. The lowest BCUT2D eigenvalue weighted by molar-refractivity contribution is -0.140. The molecule has 3 atom stereocenters. The average molecular weight is 304 g/mol. The SMILES string of the molecule is CCCC(C)(N)C(=O)N1CCC2C(CCCN2C)C1.Cl. The number of amides is 1. The molecule has 2 heterocycles. The van der Waals surface area contributed by atoms with Gasteiger partial charge in [0.15, 0.2) is 0 Å². The molecule has 2 N–H and O–H groups in total. The Hall–Kier alpha value is -0.320. The van der Waals surface area contributed by atoms with E-state index in [9.17, 15) is 4.79 Å². The maximum absolute atomic E-state index is 12.6. The number of halogens is 1. The Kier molecular flexibility index (Phi) is 6.29. The number of piperidine rings is 2. The minimum absolute atomic E-state index is 0. The Balaban J connectivity index is 0.00000200. The highest BCUT2D eigenvalue weighted by Crippen LogP contribution is 2.30. The molecule has 0 aromatic carbocycles. The Morgan fingerprint density at radius 3 is 2.70 bits per heavy atom. The average Bonchev–Trinajstić information content (AvgIpc) is 2.37. The van der Waals surface area contributed by atoms with Gasteiger partial charge in [0.05, 0.1) is 5.54 Å². The predicted molar refractivity (Wildman–Crippen MR) is 85.1 cm³/mol. The van der Waals surface area contributed by atoms with Crippen molar-refractivity contribution < 1.29 is 4.79 Å². The van der Waals surface area contributed by atoms with Crippen molar-refractivity contribution in [3.8, 4) is 0 Å². The van der Waals surface area contributed by atoms with Crippen molar-refractivity contribution in [2.45, 2.75) is 57.5 Å². The van der Waals surface area contributed by atoms with Crippen LogP contribution in [0.4, 0.5) is 0 Å². The first-order valence-electron chi connectivity index (χ1n) is 7.74. The second-order valence-corrected chi connectivity index (χ2v) is 6.66. The van der Waals surface area contributed by atoms with Crippen LogP contribution in [-0.4, -0.2) is 54.0 Å². The van der Waals surface area contributed by atoms with Crippen LogP contribution in [0.3, 0.4) is 0 Å². The van der Waals surface area contributed by atoms with Gasteiger partial charge in [0.25, 0.3) is 0 Å². The lowest BCUT2D eigenvalue weighted by Crippen LogP contribution is -2.59. The molecular weight excluding hydrogens is 274 g/mol. The van der Waals surface area contributed by atoms with Crippen LogP contribution >= 0.6 is 12.4 Å². The van der Waals surface area contributed by atoms with E-state index in [4.69, 9.17) is 5.73 Å². The number of hydrogen-bond donors (Lipinski definition) is 1. The van der Waals surface area contributed by atoms with Crippen molar-refractivity contribution in [2.24, 2.45) is 11.7 Å². The molecule has 4 nitrogen and oxygen atoms in total. The molecule has 0 radical (unpaired) electrons. The lowest BCUT2D eigenvalue weighted by Gasteiger charge is -2.47. The van der Waals surface area contributed by atoms with Crippen LogP contribution in [0.2, 0.25) is 0 Å². The number of likely N-dealkylation sites (tertiary alicyclic amines) is 2. The van der Waals surface area contributed by atoms with Crippen LogP contribution in [0.1, 0.15) is 46.0 Å². The number of carbonyl (C=O) groups excluding carboxylic acids is 1. The fourth-order valence-corrected chi connectivity index (χ4v) is 3.82. The summed E-state index contributed by atoms with van der Waals surface area (Å²) in [7, 11) is 2.22. The summed E-state index contributed by atoms with van der Waals surface area (Å²) in [6.07, 6.45) is 5.36. The zero-order valence-electron chi connectivity index (χ0n) is 13.1. The van der Waals surface area contributed by atoms with E-state index in [0.29, 0.717) is 12.0 Å². The van der Waals surface area contributed by atoms with Crippen LogP contribution in [0.25, 0.3) is 0 Å². The maximum atomic E-state index is 12.6. The van der Waals surface area contributed by atoms with Gasteiger partial charge >= 0.3 is 0 Å². The van der Waals surface area contributed by atoms with E-state index in [1.54, 1.807) is 0 Å². The maximum Gasteiger partial charge on any atom is 0.242 e. The first-order chi connectivity index (χ1) is 8.95. The third-order valence-electron chi connectivity index (χ3n) is 4.89. The van der Waals surface area contributed by atoms with E-state index >= 15 is 0 Å². The van der Waals surface area contributed by atoms with Crippen molar-refractivity contribution in [1.29, 1.82) is 0 Å². The van der Waals surface area contributed by atoms with Gasteiger partial charge < -0.3 is 15.5 Å². The lowest BCUT2D eigenvalue weighted by atomic mass is 9.83. The van der Waals surface area contributed by atoms with E-state index < -0.39 is 5.54 Å². The topological polar surface area (TPSA) is 49.6 Å². The molecule has 20 heavy (non-hydrogen) atoms. The summed E-state index contributed by atoms with van der Waals surface area (Å²) in [5.74, 6) is 0.801. The van der Waals surface area contributed by atoms with Crippen molar-refractivity contribution in [3.63, 3.8) is 0 Å². The normalized spacial score (nSPS) is 30.1. The molecular formula is C15H30ClN3O. The summed E-state index contributed by atoms with van der Waals surface area (Å²) in [5.41, 5.74) is 5.52. The molecule has 2 rings (SSSR count). The molecule has 0 spiro atoms. The summed E-state index contributed by atoms with van der Waals surface area (Å²) in [6.45, 7) is 6.96. The first kappa shape index (κ1) is 17.7. The van der Waals surface area contributed by atoms with Crippen LogP contribution < -0.4 is 5.73 Å². The monoisotopic (exact) mass is 303 g/mol. The molecule has 2 aliphatic heterocycles. The van der Waals surface area contributed by atoms with E-state index in [1.165, 1.54) is 19.4 Å². The summed E-state index contributed by atoms with van der Waals surface area (Å²) in [6, 6.07) is 0.674. The Bertz CT molecular complexity index is 335. The van der Waals surface area contributed by atoms with Gasteiger partial charge in [-0.3, -0.25) is 4.79 Å². The van der Waals surface area contributed by atoms with E-state index in [-0.39, 0.29) is 18.3 Å². The molecule has 0 aromatic rings. The Morgan fingerprint density at radius 2 is 2.05 bits per heavy atom. The number of fused-ring (bicyclic) bond motifs is 1. The zero-order chi connectivity index (χ0) is 14.0. The van der Waals surface area contributed by atoms with Gasteiger partial charge in [-0.1, -0.05) is 13.3 Å². The fourth-order valence-electron chi connectivity index (χ4n) is 3.82. The summed E-state index contributed by atoms with van der Waals surface area (Å²) < 4.78 is 0. The first-order valence-corrected chi connectivity index (χ1v) is 7.74. The molecule has 0 saturated carbocycles. The fraction of sp³-hybridized carbons (Fsp3) is 0.933. The number of hydrogen-bond acceptors (Lipinski definition) is 3. The Morgan fingerprint density at radius 1 is 1.35 bits per heavy atom. The Labute approximate surface area is 129 Å². The third-order valence-corrected chi connectivity index (χ3v) is 4.89. The molecule has 0 aliphatic carbocycles. The van der Waals surface area contributed by atoms with Crippen molar-refractivity contribution in [1.82, 2.24) is 9.80 Å². The van der Waals surface area contributed by atoms with Crippen LogP contribution in [0, 0.1) is 5.92 Å². The molecule has 118 valence electrons. The van der Waals surface area contributed by atoms with Crippen LogP contribution in [0.5, 0.6) is 0 Å². The highest BCUT2D eigenvalue weighted by Gasteiger charge is 2.39. The molecule has 2 aliphatic rings. The van der Waals surface area contributed by atoms with E-state index in [1.807, 2.05) is 11.8 Å². The van der Waals surface area contributed by atoms with Crippen LogP contribution in [0.15, 0.2) is 0 Å². The molecule has 0 bridgehead atoms. The molecule has 0 aromatic heterocycles. The minimum Gasteiger partial charge on any atom is -0.341 e. The highest BCUT2D eigenvalue weighted by atomic mass is 35.5. The third kappa shape index (κ3) is 3.66. The van der Waals surface area contributed by atoms with Gasteiger partial charge in [0.2, 0.25) is 5.91 Å². The smallest absolute Gasteiger partial charge is 0.242 e. The van der Waals surface area contributed by atoms with Gasteiger partial charge in [-0.25, -0.2) is 0 Å². The summed E-state index contributed by atoms with van der Waals surface area (Å²) >= 11 is 0. The largest absolute Gasteiger partial charge is 0.341 e. The predicted octanol–water partition coefficient (Wildman–Crippen LogP) is 1.87. The van der Waals surface area contributed by atoms with Gasteiger partial charge in [-0.2, -0.15) is 0 Å². The van der Waals surface area contributed by atoms with Gasteiger partial charge in [-0.15, -0.1) is 12.4 Å². The second-order valence-electron chi connectivity index (χ2n) is 6.66. The molecule has 2 saturated heterocycles. The zero-order valence-corrected chi connectivity index (χ0v) is 13.9. The molecule has 5 heteroatoms. The van der Waals surface area contributed by atoms with Crippen molar-refractivity contribution in [3.05, 3.63) is 0 Å². The van der Waals surface area contributed by atoms with Gasteiger partial charge in [0, 0.05) is 19.1 Å². The quantitative estimate of drug-likeness (QED) is 0.866. The summed E-state index contributed by atoms with van der Waals surface area (Å²) in [4.78, 5) is 17.1. The highest BCUT2D eigenvalue weighted by molar-refractivity contribution is 5.86. The summed E-state index contributed by atoms with van der Waals surface area (Å²) in [5, 5.41) is 0. The number of carbonyl (C=O) groups is 1. The number of nitrogens with two attached hydrogens (primary N) is 1. The number of rotatable bonds is 3. The van der Waals surface area contributed by atoms with Crippen LogP contribution in [-0.2, 0) is 4.79 Å². The standard InChI is InChI=1S/C15H29N3O.ClH/c1-4-8-15(2,16)14(19)18-10-7-13-12(11-18)6-5-9-17(13)3;/h12-13H,4-11,16H2,1-3H3;1H. The van der Waals surface area contributed by atoms with E-state index in [2.05, 4.69) is 18.9 Å². The molecule has 3 unspecified atom stereocenters. The van der Waals surface area contributed by atoms with Gasteiger partial charge in [-0.05, 0) is 52.1 Å². The van der Waals surface area contributed by atoms with Crippen molar-refractivity contribution >= 4 is 18.3 Å². The van der Waals surface area contributed by atoms with Crippen molar-refractivity contribution in [2.75, 3.05) is 26.7 Å². The number of nitrogens with zero attached hydrogens (tertiary/aromatic N) is 2.